The minimum absolute atomic E-state index is 0.0761. The van der Waals surface area contributed by atoms with Gasteiger partial charge in [-0.1, -0.05) is 13.8 Å². The van der Waals surface area contributed by atoms with Gasteiger partial charge in [0.15, 0.2) is 18.7 Å². The van der Waals surface area contributed by atoms with Crippen LogP contribution in [0.1, 0.15) is 46.5 Å². The SMILES string of the molecule is CCC(O)C(N)=NC[C@@H]1CCC(N)[C@@H](OC2C(O)C(O[C@H]3OCC(C)(O)[C@H](C)C3O)[C@H](NC(=N)C(O)C(F)F)C[C@@H]2N)O1. The van der Waals surface area contributed by atoms with E-state index in [2.05, 4.69) is 10.3 Å². The number of alkyl halides is 2. The Balaban J connectivity index is 1.78. The summed E-state index contributed by atoms with van der Waals surface area (Å²) in [7, 11) is 0. The monoisotopic (exact) mass is 626 g/mol. The lowest BCUT2D eigenvalue weighted by molar-refractivity contribution is -0.313. The number of rotatable bonds is 11. The first-order valence-corrected chi connectivity index (χ1v) is 14.5. The second-order valence-electron chi connectivity index (χ2n) is 11.9. The molecule has 0 spiro atoms. The topological polar surface area (TPSA) is 264 Å². The third-order valence-corrected chi connectivity index (χ3v) is 8.49. The summed E-state index contributed by atoms with van der Waals surface area (Å²) in [5.74, 6) is -1.54. The summed E-state index contributed by atoms with van der Waals surface area (Å²) in [5.41, 5.74) is 17.0. The minimum atomic E-state index is -3.24. The van der Waals surface area contributed by atoms with Gasteiger partial charge in [0.1, 0.15) is 42.2 Å². The van der Waals surface area contributed by atoms with Gasteiger partial charge in [-0.3, -0.25) is 10.4 Å². The highest BCUT2D eigenvalue weighted by Gasteiger charge is 2.51. The normalized spacial score (nSPS) is 42.4. The van der Waals surface area contributed by atoms with Crippen molar-refractivity contribution in [1.82, 2.24) is 5.32 Å². The Morgan fingerprint density at radius 2 is 1.77 bits per heavy atom. The molecule has 3 fully saturated rings. The Kier molecular flexibility index (Phi) is 12.6. The van der Waals surface area contributed by atoms with Gasteiger partial charge in [0.05, 0.1) is 36.9 Å². The number of aliphatic hydroxyl groups is 5. The number of amidine groups is 2. The molecule has 8 unspecified atom stereocenters. The quantitative estimate of drug-likeness (QED) is 0.0839. The summed E-state index contributed by atoms with van der Waals surface area (Å²) in [6.07, 6.45) is -13.5. The first-order chi connectivity index (χ1) is 20.1. The van der Waals surface area contributed by atoms with E-state index in [4.69, 9.17) is 41.6 Å². The first kappa shape index (κ1) is 35.8. The first-order valence-electron chi connectivity index (χ1n) is 14.5. The highest BCUT2D eigenvalue weighted by molar-refractivity contribution is 5.84. The molecular formula is C26H48F2N6O9. The number of nitrogens with zero attached hydrogens (tertiary/aromatic N) is 1. The van der Waals surface area contributed by atoms with Crippen LogP contribution in [-0.2, 0) is 18.9 Å². The van der Waals surface area contributed by atoms with Gasteiger partial charge in [0.25, 0.3) is 6.43 Å². The highest BCUT2D eigenvalue weighted by Crippen LogP contribution is 2.34. The van der Waals surface area contributed by atoms with Crippen LogP contribution in [0.3, 0.4) is 0 Å². The summed E-state index contributed by atoms with van der Waals surface area (Å²) in [6.45, 7) is 4.77. The van der Waals surface area contributed by atoms with Crippen LogP contribution < -0.4 is 22.5 Å². The van der Waals surface area contributed by atoms with Crippen molar-refractivity contribution in [3.05, 3.63) is 0 Å². The fraction of sp³-hybridized carbons (Fsp3) is 0.923. The molecule has 0 aromatic rings. The number of hydrogen-bond donors (Lipinski definition) is 10. The van der Waals surface area contributed by atoms with Crippen LogP contribution >= 0.6 is 0 Å². The number of halogens is 2. The van der Waals surface area contributed by atoms with Crippen molar-refractivity contribution in [3.63, 3.8) is 0 Å². The second-order valence-corrected chi connectivity index (χ2v) is 11.9. The van der Waals surface area contributed by atoms with Crippen molar-refractivity contribution >= 4 is 11.7 Å². The van der Waals surface area contributed by atoms with Crippen LogP contribution in [0.4, 0.5) is 8.78 Å². The molecule has 1 saturated carbocycles. The van der Waals surface area contributed by atoms with Crippen LogP contribution in [0.5, 0.6) is 0 Å². The molecule has 0 aromatic heterocycles. The van der Waals surface area contributed by atoms with Gasteiger partial charge in [0.2, 0.25) is 0 Å². The van der Waals surface area contributed by atoms with Gasteiger partial charge in [-0.05, 0) is 32.6 Å². The van der Waals surface area contributed by atoms with E-state index in [0.29, 0.717) is 19.3 Å². The summed E-state index contributed by atoms with van der Waals surface area (Å²) in [6, 6.07) is -2.63. The molecule has 0 aromatic carbocycles. The number of aliphatic hydroxyl groups excluding tert-OH is 4. The van der Waals surface area contributed by atoms with E-state index in [1.807, 2.05) is 0 Å². The third kappa shape index (κ3) is 8.76. The Labute approximate surface area is 249 Å². The standard InChI is InChI=1S/C26H48F2N6O9/c1-4-15(35)22(31)33-8-11-5-6-12(29)24(41-11)42-19-13(30)7-14(34-23(32)18(38)21(27)28)20(17(19)37)43-25-16(36)10(2)26(3,39)9-40-25/h10-21,24-25,35-39H,4-9,29-30H2,1-3H3,(H2,31,33)(H2,32,34)/t10-,11+,12?,13+,14-,15?,16?,17?,18?,19?,20?,24-,25-,26?/m1/s1. The van der Waals surface area contributed by atoms with Crippen molar-refractivity contribution in [1.29, 1.82) is 5.41 Å². The van der Waals surface area contributed by atoms with Gasteiger partial charge in [-0.2, -0.15) is 0 Å². The molecule has 15 nitrogen and oxygen atoms in total. The van der Waals surface area contributed by atoms with Crippen LogP contribution in [0, 0.1) is 11.3 Å². The van der Waals surface area contributed by atoms with Gasteiger partial charge in [-0.15, -0.1) is 0 Å². The molecule has 17 heteroatoms. The highest BCUT2D eigenvalue weighted by atomic mass is 19.3. The zero-order valence-corrected chi connectivity index (χ0v) is 24.6. The van der Waals surface area contributed by atoms with Crippen molar-refractivity contribution in [2.75, 3.05) is 13.2 Å². The number of ether oxygens (including phenoxy) is 4. The summed E-state index contributed by atoms with van der Waals surface area (Å²) < 4.78 is 49.8. The van der Waals surface area contributed by atoms with Crippen molar-refractivity contribution in [2.24, 2.45) is 28.1 Å². The molecule has 1 aliphatic carbocycles. The maximum Gasteiger partial charge on any atom is 0.271 e. The van der Waals surface area contributed by atoms with E-state index in [0.717, 1.165) is 0 Å². The minimum Gasteiger partial charge on any atom is -0.388 e. The van der Waals surface area contributed by atoms with Gasteiger partial charge in [0, 0.05) is 12.0 Å². The smallest absolute Gasteiger partial charge is 0.271 e. The van der Waals surface area contributed by atoms with E-state index in [1.165, 1.54) is 6.92 Å². The van der Waals surface area contributed by atoms with Gasteiger partial charge < -0.3 is 67.0 Å². The molecule has 3 rings (SSSR count). The Hall–Kier alpha value is -1.64. The molecular weight excluding hydrogens is 578 g/mol. The molecule has 2 heterocycles. The summed E-state index contributed by atoms with van der Waals surface area (Å²) in [4.78, 5) is 4.19. The predicted octanol–water partition coefficient (Wildman–Crippen LogP) is -2.53. The molecule has 0 bridgehead atoms. The Morgan fingerprint density at radius 3 is 2.40 bits per heavy atom. The van der Waals surface area contributed by atoms with Crippen LogP contribution in [0.2, 0.25) is 0 Å². The molecule has 250 valence electrons. The molecule has 2 aliphatic heterocycles. The van der Waals surface area contributed by atoms with Crippen molar-refractivity contribution in [2.45, 2.75) is 132 Å². The van der Waals surface area contributed by atoms with E-state index in [1.54, 1.807) is 13.8 Å². The average molecular weight is 627 g/mol. The van der Waals surface area contributed by atoms with Crippen LogP contribution in [-0.4, -0.2) is 136 Å². The molecule has 43 heavy (non-hydrogen) atoms. The number of hydrogen-bond acceptors (Lipinski definition) is 13. The van der Waals surface area contributed by atoms with Crippen LogP contribution in [0.15, 0.2) is 4.99 Å². The molecule has 14 atom stereocenters. The fourth-order valence-electron chi connectivity index (χ4n) is 5.32. The summed E-state index contributed by atoms with van der Waals surface area (Å²) >= 11 is 0. The van der Waals surface area contributed by atoms with Gasteiger partial charge in [-0.25, -0.2) is 8.78 Å². The Bertz CT molecular complexity index is 953. The largest absolute Gasteiger partial charge is 0.388 e. The van der Waals surface area contributed by atoms with Crippen molar-refractivity contribution in [3.8, 4) is 0 Å². The lowest BCUT2D eigenvalue weighted by Crippen LogP contribution is -2.68. The third-order valence-electron chi connectivity index (χ3n) is 8.49. The maximum atomic E-state index is 13.1. The number of nitrogens with two attached hydrogens (primary N) is 3. The average Bonchev–Trinajstić information content (AvgIpc) is 2.96. The van der Waals surface area contributed by atoms with E-state index < -0.39 is 97.2 Å². The predicted molar refractivity (Wildman–Crippen MR) is 149 cm³/mol. The number of aliphatic imine (C=N–C) groups is 1. The lowest BCUT2D eigenvalue weighted by atomic mass is 9.82. The zero-order chi connectivity index (χ0) is 32.2. The fourth-order valence-corrected chi connectivity index (χ4v) is 5.32. The van der Waals surface area contributed by atoms with E-state index >= 15 is 0 Å². The second kappa shape index (κ2) is 15.1. The van der Waals surface area contributed by atoms with Gasteiger partial charge >= 0.3 is 0 Å². The van der Waals surface area contributed by atoms with Crippen molar-refractivity contribution < 1.29 is 53.3 Å². The van der Waals surface area contributed by atoms with E-state index in [9.17, 15) is 34.3 Å². The molecule has 0 radical (unpaired) electrons. The number of nitrogens with one attached hydrogen (secondary N) is 2. The maximum absolute atomic E-state index is 13.1. The molecule has 2 saturated heterocycles. The Morgan fingerprint density at radius 1 is 1.12 bits per heavy atom. The zero-order valence-electron chi connectivity index (χ0n) is 24.6. The molecule has 3 aliphatic rings. The molecule has 13 N–H and O–H groups in total. The lowest BCUT2D eigenvalue weighted by Gasteiger charge is -2.49. The summed E-state index contributed by atoms with van der Waals surface area (Å²) in [5, 5.41) is 62.6. The van der Waals surface area contributed by atoms with Crippen LogP contribution in [0.25, 0.3) is 0 Å². The van der Waals surface area contributed by atoms with E-state index in [-0.39, 0.29) is 25.4 Å². The molecule has 0 amide bonds.